The molecule has 0 aliphatic rings. The Morgan fingerprint density at radius 2 is 0.562 bits per heavy atom. The third-order valence-corrected chi connectivity index (χ3v) is 9.66. The third kappa shape index (κ3) is 25.3. The predicted octanol–water partition coefficient (Wildman–Crippen LogP) is 15.9. The van der Waals surface area contributed by atoms with Gasteiger partial charge >= 0.3 is 0 Å². The number of unbranched alkanes of at least 4 members (excludes halogenated alkanes) is 25. The molecule has 0 bridgehead atoms. The summed E-state index contributed by atoms with van der Waals surface area (Å²) in [5, 5.41) is 0. The van der Waals surface area contributed by atoms with Gasteiger partial charge in [-0.05, 0) is 49.9 Å². The molecule has 0 saturated carbocycles. The van der Waals surface area contributed by atoms with Crippen molar-refractivity contribution in [3.05, 3.63) is 60.7 Å². The SMILES string of the molecule is CCCCCCCCCCCCCCCCCCCCCCCC(=Nc1ccccc1)C(CCCCCCCC)=Nc1ccccc1.[Ni]. The van der Waals surface area contributed by atoms with Crippen molar-refractivity contribution in [2.45, 2.75) is 200 Å². The summed E-state index contributed by atoms with van der Waals surface area (Å²) in [6, 6.07) is 21.0. The van der Waals surface area contributed by atoms with Gasteiger partial charge in [0.2, 0.25) is 0 Å². The topological polar surface area (TPSA) is 24.7 Å². The van der Waals surface area contributed by atoms with Crippen LogP contribution in [-0.4, -0.2) is 11.4 Å². The van der Waals surface area contributed by atoms with Crippen molar-refractivity contribution >= 4 is 22.8 Å². The summed E-state index contributed by atoms with van der Waals surface area (Å²) in [6.45, 7) is 4.59. The van der Waals surface area contributed by atoms with Crippen LogP contribution in [0.3, 0.4) is 0 Å². The van der Waals surface area contributed by atoms with E-state index in [-0.39, 0.29) is 16.5 Å². The molecule has 2 nitrogen and oxygen atoms in total. The van der Waals surface area contributed by atoms with Gasteiger partial charge in [-0.3, -0.25) is 9.98 Å². The number of para-hydroxylation sites is 2. The molecule has 0 aliphatic carbocycles. The maximum absolute atomic E-state index is 5.19. The third-order valence-electron chi connectivity index (χ3n) is 9.66. The van der Waals surface area contributed by atoms with E-state index in [0.717, 1.165) is 24.2 Å². The molecular formula is C45H74N2Ni. The molecule has 0 atom stereocenters. The molecule has 0 N–H and O–H groups in total. The van der Waals surface area contributed by atoms with Gasteiger partial charge < -0.3 is 0 Å². The van der Waals surface area contributed by atoms with Crippen LogP contribution in [0.1, 0.15) is 200 Å². The summed E-state index contributed by atoms with van der Waals surface area (Å²) in [5.74, 6) is 0. The first-order valence-electron chi connectivity index (χ1n) is 20.6. The van der Waals surface area contributed by atoms with Crippen molar-refractivity contribution in [1.82, 2.24) is 0 Å². The van der Waals surface area contributed by atoms with Gasteiger partial charge in [0.1, 0.15) is 0 Å². The van der Waals surface area contributed by atoms with E-state index in [2.05, 4.69) is 74.5 Å². The first-order chi connectivity index (χ1) is 23.3. The van der Waals surface area contributed by atoms with E-state index >= 15 is 0 Å². The fourth-order valence-electron chi connectivity index (χ4n) is 6.64. The zero-order valence-corrected chi connectivity index (χ0v) is 32.5. The minimum absolute atomic E-state index is 0. The van der Waals surface area contributed by atoms with Crippen LogP contribution in [0.25, 0.3) is 0 Å². The minimum atomic E-state index is 0. The van der Waals surface area contributed by atoms with Gasteiger partial charge in [-0.25, -0.2) is 0 Å². The molecule has 274 valence electrons. The molecule has 0 radical (unpaired) electrons. The normalized spacial score (nSPS) is 12.0. The number of benzene rings is 2. The Balaban J connectivity index is 0.0000115. The van der Waals surface area contributed by atoms with E-state index < -0.39 is 0 Å². The number of nitrogens with zero attached hydrogens (tertiary/aromatic N) is 2. The van der Waals surface area contributed by atoms with Crippen molar-refractivity contribution in [2.75, 3.05) is 0 Å². The summed E-state index contributed by atoms with van der Waals surface area (Å²) < 4.78 is 0. The van der Waals surface area contributed by atoms with Crippen molar-refractivity contribution in [3.8, 4) is 0 Å². The van der Waals surface area contributed by atoms with E-state index in [1.54, 1.807) is 0 Å². The van der Waals surface area contributed by atoms with E-state index in [9.17, 15) is 0 Å². The van der Waals surface area contributed by atoms with Crippen molar-refractivity contribution < 1.29 is 16.5 Å². The molecule has 0 spiro atoms. The molecule has 0 heterocycles. The van der Waals surface area contributed by atoms with Gasteiger partial charge in [-0.15, -0.1) is 0 Å². The molecule has 2 aromatic rings. The fourth-order valence-corrected chi connectivity index (χ4v) is 6.64. The number of hydrogen-bond donors (Lipinski definition) is 0. The Kier molecular flexibility index (Phi) is 31.2. The summed E-state index contributed by atoms with van der Waals surface area (Å²) in [4.78, 5) is 10.4. The largest absolute Gasteiger partial charge is 0.252 e. The summed E-state index contributed by atoms with van der Waals surface area (Å²) >= 11 is 0. The van der Waals surface area contributed by atoms with Gasteiger partial charge in [0, 0.05) is 16.5 Å². The van der Waals surface area contributed by atoms with Gasteiger partial charge in [0.05, 0.1) is 22.8 Å². The maximum atomic E-state index is 5.19. The van der Waals surface area contributed by atoms with Crippen LogP contribution in [0.4, 0.5) is 11.4 Å². The van der Waals surface area contributed by atoms with Crippen LogP contribution in [0.15, 0.2) is 70.6 Å². The molecule has 48 heavy (non-hydrogen) atoms. The van der Waals surface area contributed by atoms with Gasteiger partial charge in [-0.1, -0.05) is 211 Å². The Bertz CT molecular complexity index is 1000. The number of rotatable bonds is 32. The molecule has 0 saturated heterocycles. The summed E-state index contributed by atoms with van der Waals surface area (Å²) in [5.41, 5.74) is 4.50. The van der Waals surface area contributed by atoms with Crippen molar-refractivity contribution in [2.24, 2.45) is 9.98 Å². The Morgan fingerprint density at radius 1 is 0.333 bits per heavy atom. The maximum Gasteiger partial charge on any atom is 0.0633 e. The first-order valence-corrected chi connectivity index (χ1v) is 20.6. The number of hydrogen-bond acceptors (Lipinski definition) is 2. The monoisotopic (exact) mass is 701 g/mol. The second-order valence-electron chi connectivity index (χ2n) is 14.1. The minimum Gasteiger partial charge on any atom is -0.252 e. The molecule has 2 rings (SSSR count). The number of aliphatic imine (C=N–C) groups is 2. The van der Waals surface area contributed by atoms with Crippen LogP contribution in [0.2, 0.25) is 0 Å². The standard InChI is InChI=1S/C45H74N2.Ni/c1-3-5-7-9-11-12-13-14-15-16-17-18-19-20-21-22-23-24-25-27-35-41-45(47-43-38-32-29-33-39-43)44(40-34-26-10-8-6-4-2)46-42-36-30-28-31-37-42;/h28-33,36-39H,3-27,34-35,40-41H2,1-2H3;. The van der Waals surface area contributed by atoms with Crippen LogP contribution in [0.5, 0.6) is 0 Å². The molecule has 3 heteroatoms. The molecule has 0 unspecified atom stereocenters. The summed E-state index contributed by atoms with van der Waals surface area (Å²) in [7, 11) is 0. The second-order valence-corrected chi connectivity index (χ2v) is 14.1. The second kappa shape index (κ2) is 33.8. The van der Waals surface area contributed by atoms with Gasteiger partial charge in [0.15, 0.2) is 0 Å². The Hall–Kier alpha value is -1.73. The van der Waals surface area contributed by atoms with Crippen LogP contribution < -0.4 is 0 Å². The zero-order chi connectivity index (χ0) is 33.3. The Morgan fingerprint density at radius 3 is 0.812 bits per heavy atom. The molecule has 0 aromatic heterocycles. The van der Waals surface area contributed by atoms with E-state index in [0.29, 0.717) is 0 Å². The molecule has 0 fully saturated rings. The Labute approximate surface area is 308 Å². The van der Waals surface area contributed by atoms with E-state index in [1.165, 1.54) is 185 Å². The average Bonchev–Trinajstić information content (AvgIpc) is 3.10. The smallest absolute Gasteiger partial charge is 0.0633 e. The average molecular weight is 702 g/mol. The van der Waals surface area contributed by atoms with Gasteiger partial charge in [0.25, 0.3) is 0 Å². The van der Waals surface area contributed by atoms with Crippen molar-refractivity contribution in [1.29, 1.82) is 0 Å². The van der Waals surface area contributed by atoms with E-state index in [4.69, 9.17) is 9.98 Å². The quantitative estimate of drug-likeness (QED) is 0.0412. The molecule has 0 aliphatic heterocycles. The van der Waals surface area contributed by atoms with Crippen LogP contribution >= 0.6 is 0 Å². The van der Waals surface area contributed by atoms with Gasteiger partial charge in [-0.2, -0.15) is 0 Å². The fraction of sp³-hybridized carbons (Fsp3) is 0.689. The molecular weight excluding hydrogens is 627 g/mol. The zero-order valence-electron chi connectivity index (χ0n) is 31.5. The summed E-state index contributed by atoms with van der Waals surface area (Å²) in [6.07, 6.45) is 39.7. The van der Waals surface area contributed by atoms with E-state index in [1.807, 2.05) is 0 Å². The first kappa shape index (κ1) is 44.3. The van der Waals surface area contributed by atoms with Crippen LogP contribution in [-0.2, 0) is 16.5 Å². The van der Waals surface area contributed by atoms with Crippen molar-refractivity contribution in [3.63, 3.8) is 0 Å². The molecule has 2 aromatic carbocycles. The predicted molar refractivity (Wildman–Crippen MR) is 212 cm³/mol. The van der Waals surface area contributed by atoms with Crippen LogP contribution in [0, 0.1) is 0 Å². The molecule has 0 amide bonds.